The van der Waals surface area contributed by atoms with E-state index in [1.165, 1.54) is 0 Å². The SMILES string of the molecule is COc1ccc(N2C(=O)C(Cl)C2(C)N2N=C(c3ccncc3)OC2c2cc3ccccc3nc2Cl)cc1. The lowest BCUT2D eigenvalue weighted by Crippen LogP contribution is -2.77. The topological polar surface area (TPSA) is 80.2 Å². The number of nitrogens with zero attached hydrogens (tertiary/aromatic N) is 5. The molecule has 2 aromatic heterocycles. The van der Waals surface area contributed by atoms with Gasteiger partial charge in [0.2, 0.25) is 12.1 Å². The van der Waals surface area contributed by atoms with E-state index in [2.05, 4.69) is 9.97 Å². The molecule has 8 nitrogen and oxygen atoms in total. The molecule has 3 atom stereocenters. The van der Waals surface area contributed by atoms with Crippen LogP contribution in [0.1, 0.15) is 24.3 Å². The number of fused-ring (bicyclic) bond motifs is 1. The lowest BCUT2D eigenvalue weighted by atomic mass is 9.91. The van der Waals surface area contributed by atoms with Crippen molar-refractivity contribution in [3.63, 3.8) is 0 Å². The van der Waals surface area contributed by atoms with Crippen molar-refractivity contribution in [2.75, 3.05) is 12.0 Å². The number of β-lactam (4-membered cyclic amide) rings is 1. The van der Waals surface area contributed by atoms with Gasteiger partial charge < -0.3 is 9.47 Å². The lowest BCUT2D eigenvalue weighted by Gasteiger charge is -2.56. The molecule has 2 aliphatic heterocycles. The lowest BCUT2D eigenvalue weighted by molar-refractivity contribution is -0.138. The zero-order chi connectivity index (χ0) is 25.7. The molecular formula is C27H21Cl2N5O3. The monoisotopic (exact) mass is 533 g/mol. The van der Waals surface area contributed by atoms with E-state index in [1.807, 2.05) is 49.4 Å². The molecule has 2 aromatic carbocycles. The van der Waals surface area contributed by atoms with Crippen LogP contribution in [0, 0.1) is 0 Å². The largest absolute Gasteiger partial charge is 0.497 e. The molecule has 4 aromatic rings. The normalized spacial score (nSPS) is 23.0. The molecule has 1 fully saturated rings. The fourth-order valence-corrected chi connectivity index (χ4v) is 5.26. The standard InChI is InChI=1S/C27H21Cl2N5O3/c1-27(22(28)25(35)33(27)18-7-9-19(36-2)10-8-18)34-26(37-24(32-34)16-11-13-30-14-12-16)20-15-17-5-3-4-6-21(17)31-23(20)29/h3-15,22,26H,1-2H3. The van der Waals surface area contributed by atoms with Gasteiger partial charge in [-0.1, -0.05) is 29.8 Å². The van der Waals surface area contributed by atoms with Crippen LogP contribution in [0.3, 0.4) is 0 Å². The second-order valence-corrected chi connectivity index (χ2v) is 9.64. The Bertz CT molecular complexity index is 1530. The summed E-state index contributed by atoms with van der Waals surface area (Å²) in [5.41, 5.74) is 1.66. The van der Waals surface area contributed by atoms with Gasteiger partial charge >= 0.3 is 0 Å². The Labute approximate surface area is 223 Å². The number of halogens is 2. The maximum absolute atomic E-state index is 13.1. The van der Waals surface area contributed by atoms with Crippen LogP contribution < -0.4 is 9.64 Å². The number of methoxy groups -OCH3 is 1. The molecule has 0 saturated carbocycles. The highest BCUT2D eigenvalue weighted by Crippen LogP contribution is 2.49. The molecule has 0 N–H and O–H groups in total. The molecule has 10 heteroatoms. The van der Waals surface area contributed by atoms with E-state index < -0.39 is 17.3 Å². The summed E-state index contributed by atoms with van der Waals surface area (Å²) >= 11 is 13.4. The summed E-state index contributed by atoms with van der Waals surface area (Å²) in [5, 5.41) is 6.81. The van der Waals surface area contributed by atoms with E-state index in [1.54, 1.807) is 53.7 Å². The van der Waals surface area contributed by atoms with Crippen molar-refractivity contribution in [2.45, 2.75) is 24.2 Å². The van der Waals surface area contributed by atoms with E-state index in [0.29, 0.717) is 22.9 Å². The number of hydrogen-bond donors (Lipinski definition) is 0. The van der Waals surface area contributed by atoms with E-state index >= 15 is 0 Å². The van der Waals surface area contributed by atoms with Gasteiger partial charge in [0.25, 0.3) is 5.91 Å². The third-order valence-corrected chi connectivity index (χ3v) is 7.61. The Morgan fingerprint density at radius 3 is 2.51 bits per heavy atom. The molecule has 1 saturated heterocycles. The van der Waals surface area contributed by atoms with Crippen molar-refractivity contribution >= 4 is 51.6 Å². The molecule has 2 aliphatic rings. The molecule has 186 valence electrons. The van der Waals surface area contributed by atoms with Crippen LogP contribution in [0.4, 0.5) is 5.69 Å². The smallest absolute Gasteiger partial charge is 0.251 e. The fourth-order valence-electron chi connectivity index (χ4n) is 4.72. The number of hydrazone groups is 1. The third kappa shape index (κ3) is 3.67. The number of amides is 1. The zero-order valence-corrected chi connectivity index (χ0v) is 21.4. The van der Waals surface area contributed by atoms with Crippen LogP contribution in [-0.4, -0.2) is 44.9 Å². The van der Waals surface area contributed by atoms with Crippen LogP contribution in [0.2, 0.25) is 5.15 Å². The third-order valence-electron chi connectivity index (χ3n) is 6.71. The molecule has 0 bridgehead atoms. The number of benzene rings is 2. The van der Waals surface area contributed by atoms with Gasteiger partial charge in [-0.15, -0.1) is 16.7 Å². The summed E-state index contributed by atoms with van der Waals surface area (Å²) in [5.74, 6) is 0.786. The number of carbonyl (C=O) groups excluding carboxylic acids is 1. The summed E-state index contributed by atoms with van der Waals surface area (Å²) in [4.78, 5) is 23.4. The Morgan fingerprint density at radius 1 is 1.05 bits per heavy atom. The predicted molar refractivity (Wildman–Crippen MR) is 142 cm³/mol. The molecule has 4 heterocycles. The minimum absolute atomic E-state index is 0.247. The van der Waals surface area contributed by atoms with Gasteiger partial charge in [-0.2, -0.15) is 0 Å². The minimum atomic E-state index is -1.08. The number of alkyl halides is 1. The van der Waals surface area contributed by atoms with E-state index in [9.17, 15) is 4.79 Å². The van der Waals surface area contributed by atoms with Crippen molar-refractivity contribution in [1.29, 1.82) is 0 Å². The Hall–Kier alpha value is -3.88. The maximum atomic E-state index is 13.1. The molecule has 37 heavy (non-hydrogen) atoms. The number of hydrogen-bond acceptors (Lipinski definition) is 7. The van der Waals surface area contributed by atoms with Crippen LogP contribution >= 0.6 is 23.2 Å². The van der Waals surface area contributed by atoms with Gasteiger partial charge in [0.1, 0.15) is 10.9 Å². The summed E-state index contributed by atoms with van der Waals surface area (Å²) in [7, 11) is 1.59. The fraction of sp³-hybridized carbons (Fsp3) is 0.185. The number of aromatic nitrogens is 2. The van der Waals surface area contributed by atoms with E-state index in [0.717, 1.165) is 16.5 Å². The second-order valence-electron chi connectivity index (χ2n) is 8.85. The quantitative estimate of drug-likeness (QED) is 0.195. The Balaban J connectivity index is 1.48. The van der Waals surface area contributed by atoms with Crippen molar-refractivity contribution in [2.24, 2.45) is 5.10 Å². The first-order chi connectivity index (χ1) is 17.9. The Kier molecular flexibility index (Phi) is 5.66. The summed E-state index contributed by atoms with van der Waals surface area (Å²) in [6, 6.07) is 20.4. The summed E-state index contributed by atoms with van der Waals surface area (Å²) < 4.78 is 11.7. The molecule has 0 spiro atoms. The predicted octanol–water partition coefficient (Wildman–Crippen LogP) is 5.35. The van der Waals surface area contributed by atoms with Crippen molar-refractivity contribution in [3.05, 3.63) is 95.4 Å². The molecular weight excluding hydrogens is 513 g/mol. The van der Waals surface area contributed by atoms with Gasteiger partial charge in [0.15, 0.2) is 11.0 Å². The number of rotatable bonds is 5. The summed E-state index contributed by atoms with van der Waals surface area (Å²) in [6.07, 6.45) is 2.52. The highest BCUT2D eigenvalue weighted by atomic mass is 35.5. The Morgan fingerprint density at radius 2 is 1.78 bits per heavy atom. The van der Waals surface area contributed by atoms with Gasteiger partial charge in [0, 0.05) is 29.0 Å². The number of anilines is 1. The van der Waals surface area contributed by atoms with Gasteiger partial charge in [-0.3, -0.25) is 14.7 Å². The van der Waals surface area contributed by atoms with Crippen LogP contribution in [-0.2, 0) is 9.53 Å². The first-order valence-corrected chi connectivity index (χ1v) is 12.4. The molecule has 1 amide bonds. The van der Waals surface area contributed by atoms with Gasteiger partial charge in [-0.25, -0.2) is 9.99 Å². The highest BCUT2D eigenvalue weighted by molar-refractivity contribution is 6.38. The highest BCUT2D eigenvalue weighted by Gasteiger charge is 2.64. The van der Waals surface area contributed by atoms with Gasteiger partial charge in [-0.05, 0) is 55.5 Å². The van der Waals surface area contributed by atoms with Crippen LogP contribution in [0.25, 0.3) is 10.9 Å². The average molecular weight is 534 g/mol. The van der Waals surface area contributed by atoms with Crippen molar-refractivity contribution in [1.82, 2.24) is 15.0 Å². The molecule has 0 radical (unpaired) electrons. The number of pyridine rings is 2. The minimum Gasteiger partial charge on any atom is -0.497 e. The number of carbonyl (C=O) groups is 1. The summed E-state index contributed by atoms with van der Waals surface area (Å²) in [6.45, 7) is 1.86. The van der Waals surface area contributed by atoms with Crippen LogP contribution in [0.5, 0.6) is 5.75 Å². The first-order valence-electron chi connectivity index (χ1n) is 11.5. The van der Waals surface area contributed by atoms with Crippen molar-refractivity contribution < 1.29 is 14.3 Å². The van der Waals surface area contributed by atoms with Crippen LogP contribution in [0.15, 0.2) is 84.2 Å². The number of ether oxygens (including phenoxy) is 2. The maximum Gasteiger partial charge on any atom is 0.251 e. The average Bonchev–Trinajstić information content (AvgIpc) is 3.39. The molecule has 3 unspecified atom stereocenters. The van der Waals surface area contributed by atoms with Gasteiger partial charge in [0.05, 0.1) is 18.2 Å². The number of para-hydroxylation sites is 1. The van der Waals surface area contributed by atoms with Crippen molar-refractivity contribution in [3.8, 4) is 5.75 Å². The second kappa shape index (κ2) is 8.90. The molecule has 0 aliphatic carbocycles. The molecule has 6 rings (SSSR count). The van der Waals surface area contributed by atoms with E-state index in [4.69, 9.17) is 37.8 Å². The zero-order valence-electron chi connectivity index (χ0n) is 19.9. The first kappa shape index (κ1) is 23.5. The van der Waals surface area contributed by atoms with E-state index in [-0.39, 0.29) is 11.1 Å².